The smallest absolute Gasteiger partial charge is 0.0390 e. The highest BCUT2D eigenvalue weighted by Crippen LogP contribution is 2.63. The molecule has 41 heavy (non-hydrogen) atoms. The van der Waals surface area contributed by atoms with Crippen molar-refractivity contribution in [1.29, 1.82) is 0 Å². The van der Waals surface area contributed by atoms with Gasteiger partial charge in [-0.05, 0) is 181 Å². The van der Waals surface area contributed by atoms with Gasteiger partial charge in [0, 0.05) is 11.4 Å². The molecule has 0 heterocycles. The van der Waals surface area contributed by atoms with E-state index in [0.29, 0.717) is 10.8 Å². The van der Waals surface area contributed by atoms with Crippen molar-refractivity contribution < 1.29 is 0 Å². The van der Waals surface area contributed by atoms with Crippen molar-refractivity contribution in [2.24, 2.45) is 35.5 Å². The normalized spacial score (nSPS) is 39.0. The van der Waals surface area contributed by atoms with Crippen molar-refractivity contribution in [3.8, 4) is 0 Å². The van der Waals surface area contributed by atoms with Crippen LogP contribution in [-0.2, 0) is 21.7 Å². The Bertz CT molecular complexity index is 1180. The Hall–Kier alpha value is -1.76. The van der Waals surface area contributed by atoms with Gasteiger partial charge >= 0.3 is 0 Å². The molecule has 2 aromatic rings. The van der Waals surface area contributed by atoms with Gasteiger partial charge in [0.1, 0.15) is 0 Å². The SMILES string of the molecule is CC(C)(C)c1cc(Nc2cc(C34CC5CC(CC(C5)C3)C4)cc(C34CC5CC(CC(C5)C3)C4)c2)cc(C(C)(C)C)c1. The molecule has 0 saturated heterocycles. The number of rotatable bonds is 4. The van der Waals surface area contributed by atoms with Crippen LogP contribution in [0, 0.1) is 35.5 Å². The molecule has 0 aliphatic heterocycles. The summed E-state index contributed by atoms with van der Waals surface area (Å²) in [7, 11) is 0. The van der Waals surface area contributed by atoms with Crippen molar-refractivity contribution >= 4 is 11.4 Å². The summed E-state index contributed by atoms with van der Waals surface area (Å²) in [6, 6.07) is 15.4. The average molecular weight is 550 g/mol. The standard InChI is InChI=1S/C40H55N/c1-37(2,3)31-13-32(38(4,5)6)16-35(15-31)41-36-17-33(39-19-25-7-26(20-39)9-27(8-25)21-39)14-34(18-36)40-22-28-10-29(23-40)12-30(11-28)24-40/h13-18,25-30,41H,7-12,19-24H2,1-6H3. The minimum Gasteiger partial charge on any atom is -0.355 e. The van der Waals surface area contributed by atoms with Crippen LogP contribution in [0.5, 0.6) is 0 Å². The number of hydrogen-bond donors (Lipinski definition) is 1. The number of anilines is 2. The third-order valence-corrected chi connectivity index (χ3v) is 13.2. The maximum Gasteiger partial charge on any atom is 0.0390 e. The molecule has 8 fully saturated rings. The van der Waals surface area contributed by atoms with Crippen molar-refractivity contribution in [3.63, 3.8) is 0 Å². The van der Waals surface area contributed by atoms with Crippen molar-refractivity contribution in [2.75, 3.05) is 5.32 Å². The van der Waals surface area contributed by atoms with Crippen LogP contribution in [0.4, 0.5) is 11.4 Å². The van der Waals surface area contributed by atoms with E-state index >= 15 is 0 Å². The molecule has 8 saturated carbocycles. The lowest BCUT2D eigenvalue weighted by Crippen LogP contribution is -2.50. The summed E-state index contributed by atoms with van der Waals surface area (Å²) in [5, 5.41) is 4.07. The molecule has 10 rings (SSSR count). The van der Waals surface area contributed by atoms with Gasteiger partial charge in [0.25, 0.3) is 0 Å². The van der Waals surface area contributed by atoms with Crippen molar-refractivity contribution in [2.45, 2.75) is 140 Å². The van der Waals surface area contributed by atoms with Crippen LogP contribution in [0.1, 0.15) is 141 Å². The summed E-state index contributed by atoms with van der Waals surface area (Å²) in [6.07, 6.45) is 17.9. The van der Waals surface area contributed by atoms with E-state index in [9.17, 15) is 0 Å². The Morgan fingerprint density at radius 3 is 1.10 bits per heavy atom. The van der Waals surface area contributed by atoms with Crippen molar-refractivity contribution in [1.82, 2.24) is 0 Å². The second-order valence-corrected chi connectivity index (χ2v) is 18.6. The van der Waals surface area contributed by atoms with E-state index in [-0.39, 0.29) is 10.8 Å². The fourth-order valence-corrected chi connectivity index (χ4v) is 12.0. The lowest BCUT2D eigenvalue weighted by molar-refractivity contribution is -0.00831. The maximum atomic E-state index is 4.07. The first-order valence-corrected chi connectivity index (χ1v) is 17.4. The lowest BCUT2D eigenvalue weighted by atomic mass is 9.46. The molecule has 8 aliphatic rings. The predicted octanol–water partition coefficient (Wildman–Crippen LogP) is 11.0. The zero-order valence-corrected chi connectivity index (χ0v) is 26.9. The first-order valence-electron chi connectivity index (χ1n) is 17.4. The quantitative estimate of drug-likeness (QED) is 0.400. The van der Waals surface area contributed by atoms with E-state index in [4.69, 9.17) is 0 Å². The van der Waals surface area contributed by atoms with Gasteiger partial charge in [0.2, 0.25) is 0 Å². The van der Waals surface area contributed by atoms with Gasteiger partial charge < -0.3 is 5.32 Å². The molecule has 0 amide bonds. The average Bonchev–Trinajstić information content (AvgIpc) is 2.86. The van der Waals surface area contributed by atoms with E-state index in [1.165, 1.54) is 99.6 Å². The van der Waals surface area contributed by atoms with Gasteiger partial charge in [-0.1, -0.05) is 53.7 Å². The Kier molecular flexibility index (Phi) is 5.82. The molecule has 1 nitrogen and oxygen atoms in total. The van der Waals surface area contributed by atoms with Gasteiger partial charge in [0.05, 0.1) is 0 Å². The Morgan fingerprint density at radius 1 is 0.463 bits per heavy atom. The second-order valence-electron chi connectivity index (χ2n) is 18.6. The van der Waals surface area contributed by atoms with Gasteiger partial charge in [-0.2, -0.15) is 0 Å². The summed E-state index contributed by atoms with van der Waals surface area (Å²) < 4.78 is 0. The summed E-state index contributed by atoms with van der Waals surface area (Å²) in [5.74, 6) is 5.91. The Balaban J connectivity index is 1.24. The van der Waals surface area contributed by atoms with Gasteiger partial charge in [-0.25, -0.2) is 0 Å². The van der Waals surface area contributed by atoms with Crippen LogP contribution in [0.2, 0.25) is 0 Å². The van der Waals surface area contributed by atoms with Crippen molar-refractivity contribution in [3.05, 3.63) is 58.7 Å². The molecule has 0 unspecified atom stereocenters. The van der Waals surface area contributed by atoms with Gasteiger partial charge in [-0.3, -0.25) is 0 Å². The highest BCUT2D eigenvalue weighted by atomic mass is 14.9. The molecule has 0 spiro atoms. The summed E-state index contributed by atoms with van der Waals surface area (Å²) in [5.41, 5.74) is 10.1. The Morgan fingerprint density at radius 2 is 0.780 bits per heavy atom. The molecule has 2 aromatic carbocycles. The van der Waals surface area contributed by atoms with Crippen LogP contribution in [0.15, 0.2) is 36.4 Å². The molecule has 0 radical (unpaired) electrons. The van der Waals surface area contributed by atoms with E-state index in [1.54, 1.807) is 11.1 Å². The third-order valence-electron chi connectivity index (χ3n) is 13.2. The molecule has 0 aromatic heterocycles. The van der Waals surface area contributed by atoms with Gasteiger partial charge in [-0.15, -0.1) is 0 Å². The molecule has 1 N–H and O–H groups in total. The minimum absolute atomic E-state index is 0.128. The van der Waals surface area contributed by atoms with Crippen LogP contribution in [0.25, 0.3) is 0 Å². The van der Waals surface area contributed by atoms with E-state index in [0.717, 1.165) is 35.5 Å². The van der Waals surface area contributed by atoms with E-state index in [1.807, 2.05) is 0 Å². The molecular formula is C40H55N. The summed E-state index contributed by atoms with van der Waals surface area (Å²) in [6.45, 7) is 14.2. The lowest BCUT2D eigenvalue weighted by Gasteiger charge is -2.58. The number of hydrogen-bond acceptors (Lipinski definition) is 1. The minimum atomic E-state index is 0.128. The molecule has 8 aliphatic carbocycles. The number of benzene rings is 2. The maximum absolute atomic E-state index is 4.07. The Labute approximate surface area is 250 Å². The molecular weight excluding hydrogens is 494 g/mol. The fourth-order valence-electron chi connectivity index (χ4n) is 12.0. The summed E-state index contributed by atoms with van der Waals surface area (Å²) in [4.78, 5) is 0. The highest BCUT2D eigenvalue weighted by molar-refractivity contribution is 5.65. The van der Waals surface area contributed by atoms with Gasteiger partial charge in [0.15, 0.2) is 0 Å². The molecule has 220 valence electrons. The van der Waals surface area contributed by atoms with Crippen LogP contribution >= 0.6 is 0 Å². The van der Waals surface area contributed by atoms with E-state index < -0.39 is 0 Å². The monoisotopic (exact) mass is 549 g/mol. The molecule has 1 heteroatoms. The molecule has 0 atom stereocenters. The topological polar surface area (TPSA) is 12.0 Å². The third kappa shape index (κ3) is 4.62. The highest BCUT2D eigenvalue weighted by Gasteiger charge is 2.54. The van der Waals surface area contributed by atoms with Crippen LogP contribution < -0.4 is 5.32 Å². The zero-order chi connectivity index (χ0) is 28.4. The second kappa shape index (κ2) is 8.89. The van der Waals surface area contributed by atoms with E-state index in [2.05, 4.69) is 83.3 Å². The largest absolute Gasteiger partial charge is 0.355 e. The fraction of sp³-hybridized carbons (Fsp3) is 0.700. The molecule has 8 bridgehead atoms. The summed E-state index contributed by atoms with van der Waals surface area (Å²) >= 11 is 0. The first kappa shape index (κ1) is 26.8. The zero-order valence-electron chi connectivity index (χ0n) is 26.9. The first-order chi connectivity index (χ1) is 19.3. The predicted molar refractivity (Wildman–Crippen MR) is 173 cm³/mol. The number of nitrogens with one attached hydrogen (secondary N) is 1. The van der Waals surface area contributed by atoms with Crippen LogP contribution in [0.3, 0.4) is 0 Å². The van der Waals surface area contributed by atoms with Crippen LogP contribution in [-0.4, -0.2) is 0 Å².